The van der Waals surface area contributed by atoms with Gasteiger partial charge in [0.25, 0.3) is 0 Å². The van der Waals surface area contributed by atoms with E-state index in [1.54, 1.807) is 0 Å². The van der Waals surface area contributed by atoms with Gasteiger partial charge in [-0.3, -0.25) is 9.69 Å². The molecule has 0 unspecified atom stereocenters. The first-order chi connectivity index (χ1) is 8.77. The van der Waals surface area contributed by atoms with Crippen molar-refractivity contribution in [1.29, 1.82) is 0 Å². The van der Waals surface area contributed by atoms with Crippen molar-refractivity contribution in [3.05, 3.63) is 0 Å². The van der Waals surface area contributed by atoms with E-state index in [1.807, 2.05) is 4.90 Å². The van der Waals surface area contributed by atoms with Gasteiger partial charge < -0.3 is 15.4 Å². The van der Waals surface area contributed by atoms with Crippen LogP contribution in [0.4, 0.5) is 0 Å². The molecular formula is C13H27N3O2. The van der Waals surface area contributed by atoms with E-state index < -0.39 is 0 Å². The molecule has 0 saturated carbocycles. The summed E-state index contributed by atoms with van der Waals surface area (Å²) in [4.78, 5) is 16.2. The molecule has 0 bridgehead atoms. The zero-order chi connectivity index (χ0) is 13.2. The Balaban J connectivity index is 2.11. The average molecular weight is 257 g/mol. The Morgan fingerprint density at radius 3 is 2.56 bits per heavy atom. The molecule has 1 aliphatic heterocycles. The lowest BCUT2D eigenvalue weighted by Crippen LogP contribution is -2.49. The van der Waals surface area contributed by atoms with E-state index in [9.17, 15) is 4.79 Å². The minimum atomic E-state index is 0.226. The Bertz CT molecular complexity index is 228. The Kier molecular flexibility index (Phi) is 7.96. The molecule has 0 aliphatic carbocycles. The minimum absolute atomic E-state index is 0.226. The molecule has 0 spiro atoms. The number of piperazine rings is 1. The van der Waals surface area contributed by atoms with E-state index in [-0.39, 0.29) is 5.91 Å². The SMILES string of the molecule is CCCOCCC(=O)N1CCN(CCCN)CC1. The standard InChI is InChI=1S/C13H27N3O2/c1-2-11-18-12-4-13(17)16-9-7-15(8-10-16)6-3-5-14/h2-12,14H2,1H3. The van der Waals surface area contributed by atoms with Crippen LogP contribution in [-0.2, 0) is 9.53 Å². The van der Waals surface area contributed by atoms with Crippen LogP contribution in [0.5, 0.6) is 0 Å². The first kappa shape index (κ1) is 15.4. The number of ether oxygens (including phenoxy) is 1. The summed E-state index contributed by atoms with van der Waals surface area (Å²) in [5.41, 5.74) is 5.50. The Hall–Kier alpha value is -0.650. The molecule has 1 rings (SSSR count). The summed E-state index contributed by atoms with van der Waals surface area (Å²) < 4.78 is 5.35. The Labute approximate surface area is 110 Å². The van der Waals surface area contributed by atoms with Gasteiger partial charge in [0.1, 0.15) is 0 Å². The molecule has 0 radical (unpaired) electrons. The molecule has 1 heterocycles. The van der Waals surface area contributed by atoms with Crippen LogP contribution in [0.2, 0.25) is 0 Å². The van der Waals surface area contributed by atoms with Crippen LogP contribution < -0.4 is 5.73 Å². The number of carbonyl (C=O) groups excluding carboxylic acids is 1. The number of amides is 1. The monoisotopic (exact) mass is 257 g/mol. The van der Waals surface area contributed by atoms with Crippen LogP contribution >= 0.6 is 0 Å². The molecule has 1 aliphatic rings. The van der Waals surface area contributed by atoms with Crippen molar-refractivity contribution in [2.24, 2.45) is 5.73 Å². The molecule has 1 amide bonds. The predicted octanol–water partition coefficient (Wildman–Crippen LogP) is 0.296. The van der Waals surface area contributed by atoms with Gasteiger partial charge in [-0.25, -0.2) is 0 Å². The van der Waals surface area contributed by atoms with E-state index in [1.165, 1.54) is 0 Å². The van der Waals surface area contributed by atoms with Gasteiger partial charge in [-0.1, -0.05) is 6.92 Å². The number of hydrogen-bond donors (Lipinski definition) is 1. The molecule has 18 heavy (non-hydrogen) atoms. The Morgan fingerprint density at radius 1 is 1.22 bits per heavy atom. The lowest BCUT2D eigenvalue weighted by Gasteiger charge is -2.34. The molecule has 2 N–H and O–H groups in total. The molecule has 0 aromatic rings. The van der Waals surface area contributed by atoms with Crippen LogP contribution in [0.3, 0.4) is 0 Å². The lowest BCUT2D eigenvalue weighted by atomic mass is 10.2. The maximum atomic E-state index is 11.9. The second-order valence-electron chi connectivity index (χ2n) is 4.73. The van der Waals surface area contributed by atoms with Crippen LogP contribution in [-0.4, -0.2) is 68.2 Å². The fourth-order valence-corrected chi connectivity index (χ4v) is 2.10. The first-order valence-electron chi connectivity index (χ1n) is 7.06. The van der Waals surface area contributed by atoms with E-state index in [4.69, 9.17) is 10.5 Å². The maximum Gasteiger partial charge on any atom is 0.224 e. The van der Waals surface area contributed by atoms with Crippen molar-refractivity contribution in [3.8, 4) is 0 Å². The highest BCUT2D eigenvalue weighted by Gasteiger charge is 2.20. The summed E-state index contributed by atoms with van der Waals surface area (Å²) in [6.45, 7) is 8.81. The topological polar surface area (TPSA) is 58.8 Å². The van der Waals surface area contributed by atoms with Gasteiger partial charge in [0, 0.05) is 32.8 Å². The average Bonchev–Trinajstić information content (AvgIpc) is 2.41. The zero-order valence-corrected chi connectivity index (χ0v) is 11.6. The Morgan fingerprint density at radius 2 is 1.94 bits per heavy atom. The smallest absolute Gasteiger partial charge is 0.224 e. The van der Waals surface area contributed by atoms with Gasteiger partial charge in [0.2, 0.25) is 5.91 Å². The van der Waals surface area contributed by atoms with Crippen molar-refractivity contribution in [2.75, 3.05) is 52.5 Å². The van der Waals surface area contributed by atoms with Gasteiger partial charge >= 0.3 is 0 Å². The zero-order valence-electron chi connectivity index (χ0n) is 11.6. The quantitative estimate of drug-likeness (QED) is 0.635. The maximum absolute atomic E-state index is 11.9. The molecule has 0 atom stereocenters. The van der Waals surface area contributed by atoms with Crippen LogP contribution in [0, 0.1) is 0 Å². The van der Waals surface area contributed by atoms with E-state index in [2.05, 4.69) is 11.8 Å². The van der Waals surface area contributed by atoms with Crippen molar-refractivity contribution >= 4 is 5.91 Å². The van der Waals surface area contributed by atoms with Gasteiger partial charge in [0.05, 0.1) is 13.0 Å². The normalized spacial score (nSPS) is 17.1. The molecular weight excluding hydrogens is 230 g/mol. The highest BCUT2D eigenvalue weighted by Crippen LogP contribution is 2.04. The van der Waals surface area contributed by atoms with E-state index in [0.29, 0.717) is 13.0 Å². The van der Waals surface area contributed by atoms with Gasteiger partial charge in [0.15, 0.2) is 0 Å². The second-order valence-corrected chi connectivity index (χ2v) is 4.73. The fraction of sp³-hybridized carbons (Fsp3) is 0.923. The summed E-state index contributed by atoms with van der Waals surface area (Å²) in [6.07, 6.45) is 2.57. The molecule has 5 nitrogen and oxygen atoms in total. The summed E-state index contributed by atoms with van der Waals surface area (Å²) >= 11 is 0. The predicted molar refractivity (Wildman–Crippen MR) is 72.4 cm³/mol. The van der Waals surface area contributed by atoms with Crippen molar-refractivity contribution in [3.63, 3.8) is 0 Å². The highest BCUT2D eigenvalue weighted by atomic mass is 16.5. The van der Waals surface area contributed by atoms with E-state index in [0.717, 1.165) is 58.7 Å². The van der Waals surface area contributed by atoms with E-state index >= 15 is 0 Å². The molecule has 0 aromatic carbocycles. The third kappa shape index (κ3) is 5.80. The number of nitrogens with zero attached hydrogens (tertiary/aromatic N) is 2. The molecule has 5 heteroatoms. The van der Waals surface area contributed by atoms with Crippen LogP contribution in [0.25, 0.3) is 0 Å². The lowest BCUT2D eigenvalue weighted by molar-refractivity contribution is -0.134. The van der Waals surface area contributed by atoms with Gasteiger partial charge in [-0.15, -0.1) is 0 Å². The largest absolute Gasteiger partial charge is 0.381 e. The second kappa shape index (κ2) is 9.30. The molecule has 106 valence electrons. The highest BCUT2D eigenvalue weighted by molar-refractivity contribution is 5.76. The molecule has 1 saturated heterocycles. The fourth-order valence-electron chi connectivity index (χ4n) is 2.10. The van der Waals surface area contributed by atoms with Crippen LogP contribution in [0.15, 0.2) is 0 Å². The van der Waals surface area contributed by atoms with Gasteiger partial charge in [-0.2, -0.15) is 0 Å². The molecule has 0 aromatic heterocycles. The van der Waals surface area contributed by atoms with Crippen molar-refractivity contribution in [1.82, 2.24) is 9.80 Å². The number of rotatable bonds is 8. The third-order valence-electron chi connectivity index (χ3n) is 3.21. The van der Waals surface area contributed by atoms with Crippen molar-refractivity contribution in [2.45, 2.75) is 26.2 Å². The van der Waals surface area contributed by atoms with Crippen molar-refractivity contribution < 1.29 is 9.53 Å². The summed E-state index contributed by atoms with van der Waals surface area (Å²) in [7, 11) is 0. The number of nitrogens with two attached hydrogens (primary N) is 1. The minimum Gasteiger partial charge on any atom is -0.381 e. The molecule has 1 fully saturated rings. The number of hydrogen-bond acceptors (Lipinski definition) is 4. The first-order valence-corrected chi connectivity index (χ1v) is 7.06. The van der Waals surface area contributed by atoms with Crippen LogP contribution in [0.1, 0.15) is 26.2 Å². The summed E-state index contributed by atoms with van der Waals surface area (Å²) in [5, 5.41) is 0. The third-order valence-corrected chi connectivity index (χ3v) is 3.21. The number of carbonyl (C=O) groups is 1. The summed E-state index contributed by atoms with van der Waals surface area (Å²) in [6, 6.07) is 0. The summed E-state index contributed by atoms with van der Waals surface area (Å²) in [5.74, 6) is 0.226. The van der Waals surface area contributed by atoms with Gasteiger partial charge in [-0.05, 0) is 25.9 Å².